The van der Waals surface area contributed by atoms with Gasteiger partial charge in [-0.2, -0.15) is 0 Å². The summed E-state index contributed by atoms with van der Waals surface area (Å²) in [5.74, 6) is 1.04. The molecule has 1 aromatic heterocycles. The molecule has 0 amide bonds. The standard InChI is InChI=1S/C17H27N3OS.HI/c1-16(2,14-5-4-10-22-14)11-19-15(18-3)20-8-6-17(12-20)7-9-21-13-17;/h4-5,10H,6-9,11-13H2,1-3H3,(H,18,19);1H. The lowest BCUT2D eigenvalue weighted by atomic mass is 9.87. The quantitative estimate of drug-likeness (QED) is 0.437. The molecule has 23 heavy (non-hydrogen) atoms. The SMILES string of the molecule is CN=C(NCC(C)(C)c1cccs1)N1CCC2(CCOC2)C1.I. The largest absolute Gasteiger partial charge is 0.381 e. The van der Waals surface area contributed by atoms with Gasteiger partial charge >= 0.3 is 0 Å². The lowest BCUT2D eigenvalue weighted by Crippen LogP contribution is -2.45. The number of aliphatic imine (C=N–C) groups is 1. The average molecular weight is 449 g/mol. The molecule has 1 aromatic rings. The average Bonchev–Trinajstić information content (AvgIpc) is 3.24. The van der Waals surface area contributed by atoms with Crippen LogP contribution >= 0.6 is 35.3 Å². The predicted octanol–water partition coefficient (Wildman–Crippen LogP) is 3.33. The van der Waals surface area contributed by atoms with Crippen molar-refractivity contribution in [2.24, 2.45) is 10.4 Å². The lowest BCUT2D eigenvalue weighted by Gasteiger charge is -2.29. The van der Waals surface area contributed by atoms with Crippen molar-refractivity contribution in [1.82, 2.24) is 10.2 Å². The van der Waals surface area contributed by atoms with Crippen LogP contribution in [0.5, 0.6) is 0 Å². The molecule has 1 N–H and O–H groups in total. The molecule has 1 unspecified atom stereocenters. The van der Waals surface area contributed by atoms with Crippen molar-refractivity contribution in [3.8, 4) is 0 Å². The van der Waals surface area contributed by atoms with Gasteiger partial charge in [0.15, 0.2) is 5.96 Å². The summed E-state index contributed by atoms with van der Waals surface area (Å²) in [4.78, 5) is 8.32. The van der Waals surface area contributed by atoms with Crippen LogP contribution in [0, 0.1) is 5.41 Å². The lowest BCUT2D eigenvalue weighted by molar-refractivity contribution is 0.156. The second kappa shape index (κ2) is 7.70. The molecule has 0 radical (unpaired) electrons. The van der Waals surface area contributed by atoms with Crippen LogP contribution in [-0.2, 0) is 10.2 Å². The van der Waals surface area contributed by atoms with E-state index in [-0.39, 0.29) is 29.4 Å². The zero-order chi connectivity index (χ0) is 15.6. The van der Waals surface area contributed by atoms with Crippen molar-refractivity contribution >= 4 is 41.3 Å². The Balaban J connectivity index is 0.00000192. The number of ether oxygens (including phenoxy) is 1. The van der Waals surface area contributed by atoms with E-state index in [1.165, 1.54) is 17.7 Å². The first kappa shape index (κ1) is 19.0. The molecule has 6 heteroatoms. The highest BCUT2D eigenvalue weighted by Crippen LogP contribution is 2.38. The molecular weight excluding hydrogens is 421 g/mol. The molecule has 0 bridgehead atoms. The second-order valence-corrected chi connectivity index (χ2v) is 8.18. The molecule has 2 fully saturated rings. The van der Waals surface area contributed by atoms with E-state index in [1.54, 1.807) is 0 Å². The third kappa shape index (κ3) is 4.20. The van der Waals surface area contributed by atoms with Crippen molar-refractivity contribution in [3.63, 3.8) is 0 Å². The first-order valence-electron chi connectivity index (χ1n) is 8.12. The Kier molecular flexibility index (Phi) is 6.35. The molecule has 3 heterocycles. The van der Waals surface area contributed by atoms with Crippen molar-refractivity contribution in [2.45, 2.75) is 32.1 Å². The molecule has 1 atom stereocenters. The summed E-state index contributed by atoms with van der Waals surface area (Å²) < 4.78 is 5.62. The van der Waals surface area contributed by atoms with Crippen LogP contribution in [0.15, 0.2) is 22.5 Å². The maximum atomic E-state index is 5.62. The van der Waals surface area contributed by atoms with Gasteiger partial charge in [-0.3, -0.25) is 4.99 Å². The number of hydrogen-bond acceptors (Lipinski definition) is 3. The molecule has 2 aliphatic heterocycles. The highest BCUT2D eigenvalue weighted by atomic mass is 127. The smallest absolute Gasteiger partial charge is 0.193 e. The predicted molar refractivity (Wildman–Crippen MR) is 108 cm³/mol. The molecule has 130 valence electrons. The van der Waals surface area contributed by atoms with Crippen LogP contribution in [0.1, 0.15) is 31.6 Å². The van der Waals surface area contributed by atoms with Gasteiger partial charge in [0.05, 0.1) is 6.61 Å². The monoisotopic (exact) mass is 449 g/mol. The molecule has 3 rings (SSSR count). The van der Waals surface area contributed by atoms with Gasteiger partial charge in [0.25, 0.3) is 0 Å². The van der Waals surface area contributed by atoms with Gasteiger partial charge in [-0.1, -0.05) is 19.9 Å². The van der Waals surface area contributed by atoms with E-state index in [0.29, 0.717) is 5.41 Å². The number of nitrogens with one attached hydrogen (secondary N) is 1. The molecule has 2 saturated heterocycles. The van der Waals surface area contributed by atoms with E-state index in [4.69, 9.17) is 4.74 Å². The van der Waals surface area contributed by atoms with Crippen molar-refractivity contribution < 1.29 is 4.74 Å². The van der Waals surface area contributed by atoms with Crippen LogP contribution in [0.25, 0.3) is 0 Å². The molecular formula is C17H28IN3OS. The normalized spacial score (nSPS) is 25.0. The second-order valence-electron chi connectivity index (χ2n) is 7.24. The van der Waals surface area contributed by atoms with Crippen LogP contribution in [-0.4, -0.2) is 50.8 Å². The fourth-order valence-corrected chi connectivity index (χ4v) is 4.32. The highest BCUT2D eigenvalue weighted by Gasteiger charge is 2.42. The zero-order valence-electron chi connectivity index (χ0n) is 14.3. The van der Waals surface area contributed by atoms with Gasteiger partial charge in [-0.15, -0.1) is 35.3 Å². The number of halogens is 1. The van der Waals surface area contributed by atoms with Gasteiger partial charge in [0.1, 0.15) is 0 Å². The summed E-state index contributed by atoms with van der Waals surface area (Å²) in [6, 6.07) is 4.34. The number of guanidine groups is 1. The van der Waals surface area contributed by atoms with Crippen molar-refractivity contribution in [3.05, 3.63) is 22.4 Å². The summed E-state index contributed by atoms with van der Waals surface area (Å²) in [5.41, 5.74) is 0.499. The molecule has 2 aliphatic rings. The van der Waals surface area contributed by atoms with Crippen LogP contribution < -0.4 is 5.32 Å². The number of rotatable bonds is 3. The number of nitrogens with zero attached hydrogens (tertiary/aromatic N) is 2. The summed E-state index contributed by atoms with van der Waals surface area (Å²) >= 11 is 1.83. The Morgan fingerprint density at radius 1 is 1.48 bits per heavy atom. The fourth-order valence-electron chi connectivity index (χ4n) is 3.47. The molecule has 0 saturated carbocycles. The van der Waals surface area contributed by atoms with E-state index in [9.17, 15) is 0 Å². The van der Waals surface area contributed by atoms with Gasteiger partial charge in [-0.25, -0.2) is 0 Å². The molecule has 0 aromatic carbocycles. The fraction of sp³-hybridized carbons (Fsp3) is 0.706. The first-order chi connectivity index (χ1) is 10.5. The maximum Gasteiger partial charge on any atom is 0.193 e. The molecule has 4 nitrogen and oxygen atoms in total. The van der Waals surface area contributed by atoms with E-state index >= 15 is 0 Å². The van der Waals surface area contributed by atoms with E-state index < -0.39 is 0 Å². The first-order valence-corrected chi connectivity index (χ1v) is 9.00. The Morgan fingerprint density at radius 2 is 2.30 bits per heavy atom. The van der Waals surface area contributed by atoms with Gasteiger partial charge in [0.2, 0.25) is 0 Å². The van der Waals surface area contributed by atoms with E-state index in [0.717, 1.165) is 38.8 Å². The molecule has 0 aliphatic carbocycles. The highest BCUT2D eigenvalue weighted by molar-refractivity contribution is 14.0. The van der Waals surface area contributed by atoms with Crippen molar-refractivity contribution in [2.75, 3.05) is 39.9 Å². The minimum absolute atomic E-state index is 0. The topological polar surface area (TPSA) is 36.9 Å². The maximum absolute atomic E-state index is 5.62. The van der Waals surface area contributed by atoms with Gasteiger partial charge in [-0.05, 0) is 24.3 Å². The van der Waals surface area contributed by atoms with Gasteiger partial charge < -0.3 is 15.0 Å². The van der Waals surface area contributed by atoms with Crippen LogP contribution in [0.4, 0.5) is 0 Å². The molecule has 1 spiro atoms. The minimum atomic E-state index is 0. The summed E-state index contributed by atoms with van der Waals surface area (Å²) in [5, 5.41) is 5.74. The van der Waals surface area contributed by atoms with E-state index in [1.807, 2.05) is 18.4 Å². The number of likely N-dealkylation sites (tertiary alicyclic amines) is 1. The van der Waals surface area contributed by atoms with Crippen LogP contribution in [0.2, 0.25) is 0 Å². The van der Waals surface area contributed by atoms with E-state index in [2.05, 4.69) is 46.6 Å². The Labute approximate surface area is 160 Å². The third-order valence-corrected chi connectivity index (χ3v) is 6.25. The number of thiophene rings is 1. The van der Waals surface area contributed by atoms with Crippen LogP contribution in [0.3, 0.4) is 0 Å². The van der Waals surface area contributed by atoms with Crippen molar-refractivity contribution in [1.29, 1.82) is 0 Å². The Hall–Kier alpha value is -0.340. The summed E-state index contributed by atoms with van der Waals surface area (Å²) in [6.07, 6.45) is 2.42. The minimum Gasteiger partial charge on any atom is -0.381 e. The Bertz CT molecular complexity index is 524. The zero-order valence-corrected chi connectivity index (χ0v) is 17.4. The van der Waals surface area contributed by atoms with Gasteiger partial charge in [0, 0.05) is 49.0 Å². The summed E-state index contributed by atoms with van der Waals surface area (Å²) in [6.45, 7) is 9.48. The summed E-state index contributed by atoms with van der Waals surface area (Å²) in [7, 11) is 1.89. The Morgan fingerprint density at radius 3 is 2.91 bits per heavy atom. The third-order valence-electron chi connectivity index (χ3n) is 5.01. The number of hydrogen-bond donors (Lipinski definition) is 1.